The molecule has 0 aromatic carbocycles. The molecule has 1 saturated carbocycles. The first kappa shape index (κ1) is 18.0. The summed E-state index contributed by atoms with van der Waals surface area (Å²) in [5, 5.41) is 3.70. The quantitative estimate of drug-likeness (QED) is 0.735. The fourth-order valence-electron chi connectivity index (χ4n) is 3.32. The van der Waals surface area contributed by atoms with E-state index in [1.54, 1.807) is 0 Å². The van der Waals surface area contributed by atoms with Crippen molar-refractivity contribution in [2.75, 3.05) is 13.2 Å². The van der Waals surface area contributed by atoms with E-state index in [0.29, 0.717) is 6.10 Å². The SMILES string of the molecule is CCCC1CCC(CNC(C)(C)C)C(COC(C)C)C1. The monoisotopic (exact) mass is 283 g/mol. The predicted octanol–water partition coefficient (Wildman–Crippen LogP) is 4.63. The van der Waals surface area contributed by atoms with Crippen LogP contribution >= 0.6 is 0 Å². The van der Waals surface area contributed by atoms with Gasteiger partial charge in [-0.25, -0.2) is 0 Å². The molecule has 0 bridgehead atoms. The maximum absolute atomic E-state index is 5.94. The molecular formula is C18H37NO. The van der Waals surface area contributed by atoms with E-state index in [1.807, 2.05) is 0 Å². The van der Waals surface area contributed by atoms with Gasteiger partial charge in [0.2, 0.25) is 0 Å². The van der Waals surface area contributed by atoms with Crippen molar-refractivity contribution in [2.24, 2.45) is 17.8 Å². The summed E-state index contributed by atoms with van der Waals surface area (Å²) in [5.74, 6) is 2.48. The normalized spacial score (nSPS) is 28.1. The fourth-order valence-corrected chi connectivity index (χ4v) is 3.32. The van der Waals surface area contributed by atoms with Gasteiger partial charge < -0.3 is 10.1 Å². The Morgan fingerprint density at radius 3 is 2.40 bits per heavy atom. The molecule has 20 heavy (non-hydrogen) atoms. The maximum atomic E-state index is 5.94. The van der Waals surface area contributed by atoms with Crippen molar-refractivity contribution in [1.82, 2.24) is 5.32 Å². The van der Waals surface area contributed by atoms with Crippen molar-refractivity contribution in [3.63, 3.8) is 0 Å². The minimum absolute atomic E-state index is 0.226. The summed E-state index contributed by atoms with van der Waals surface area (Å²) >= 11 is 0. The lowest BCUT2D eigenvalue weighted by Crippen LogP contribution is -2.43. The van der Waals surface area contributed by atoms with Crippen molar-refractivity contribution >= 4 is 0 Å². The molecule has 0 aromatic heterocycles. The Hall–Kier alpha value is -0.0800. The molecule has 1 aliphatic rings. The van der Waals surface area contributed by atoms with Gasteiger partial charge in [0.25, 0.3) is 0 Å². The molecule has 1 rings (SSSR count). The van der Waals surface area contributed by atoms with Crippen LogP contribution in [0.25, 0.3) is 0 Å². The van der Waals surface area contributed by atoms with Crippen LogP contribution in [0.15, 0.2) is 0 Å². The number of hydrogen-bond donors (Lipinski definition) is 1. The molecule has 1 fully saturated rings. The van der Waals surface area contributed by atoms with E-state index in [1.165, 1.54) is 32.1 Å². The van der Waals surface area contributed by atoms with Crippen LogP contribution in [0.3, 0.4) is 0 Å². The van der Waals surface area contributed by atoms with Crippen molar-refractivity contribution in [1.29, 1.82) is 0 Å². The van der Waals surface area contributed by atoms with Gasteiger partial charge in [0.15, 0.2) is 0 Å². The van der Waals surface area contributed by atoms with Crippen LogP contribution in [0.5, 0.6) is 0 Å². The molecule has 120 valence electrons. The second kappa shape index (κ2) is 8.38. The van der Waals surface area contributed by atoms with Crippen molar-refractivity contribution in [2.45, 2.75) is 85.3 Å². The molecule has 0 aromatic rings. The molecule has 1 aliphatic carbocycles. The molecule has 1 N–H and O–H groups in total. The third-order valence-corrected chi connectivity index (χ3v) is 4.48. The minimum Gasteiger partial charge on any atom is -0.378 e. The van der Waals surface area contributed by atoms with Crippen molar-refractivity contribution < 1.29 is 4.74 Å². The summed E-state index contributed by atoms with van der Waals surface area (Å²) < 4.78 is 5.94. The van der Waals surface area contributed by atoms with E-state index in [4.69, 9.17) is 4.74 Å². The number of hydrogen-bond acceptors (Lipinski definition) is 2. The van der Waals surface area contributed by atoms with Gasteiger partial charge in [0.1, 0.15) is 0 Å². The molecule has 3 unspecified atom stereocenters. The smallest absolute Gasteiger partial charge is 0.0519 e. The number of ether oxygens (including phenoxy) is 1. The Morgan fingerprint density at radius 2 is 1.85 bits per heavy atom. The highest BCUT2D eigenvalue weighted by atomic mass is 16.5. The van der Waals surface area contributed by atoms with Crippen molar-refractivity contribution in [3.8, 4) is 0 Å². The summed E-state index contributed by atoms with van der Waals surface area (Å²) in [6.45, 7) is 15.5. The minimum atomic E-state index is 0.226. The molecule has 2 heteroatoms. The lowest BCUT2D eigenvalue weighted by Gasteiger charge is -2.38. The number of nitrogens with one attached hydrogen (secondary N) is 1. The molecule has 3 atom stereocenters. The Kier molecular flexibility index (Phi) is 7.53. The summed E-state index contributed by atoms with van der Waals surface area (Å²) in [5.41, 5.74) is 0.226. The average molecular weight is 284 g/mol. The molecule has 0 heterocycles. The summed E-state index contributed by atoms with van der Waals surface area (Å²) in [4.78, 5) is 0. The van der Waals surface area contributed by atoms with Crippen LogP contribution in [-0.4, -0.2) is 24.8 Å². The predicted molar refractivity (Wildman–Crippen MR) is 88.1 cm³/mol. The van der Waals surface area contributed by atoms with Crippen LogP contribution in [-0.2, 0) is 4.74 Å². The van der Waals surface area contributed by atoms with E-state index in [0.717, 1.165) is 30.9 Å². The van der Waals surface area contributed by atoms with Crippen LogP contribution in [0.4, 0.5) is 0 Å². The highest BCUT2D eigenvalue weighted by molar-refractivity contribution is 4.83. The molecule has 0 spiro atoms. The van der Waals surface area contributed by atoms with E-state index in [2.05, 4.69) is 46.9 Å². The van der Waals surface area contributed by atoms with Crippen LogP contribution in [0.2, 0.25) is 0 Å². The Morgan fingerprint density at radius 1 is 1.15 bits per heavy atom. The molecule has 0 aliphatic heterocycles. The topological polar surface area (TPSA) is 21.3 Å². The lowest BCUT2D eigenvalue weighted by molar-refractivity contribution is 0.0105. The maximum Gasteiger partial charge on any atom is 0.0519 e. The first-order valence-electron chi connectivity index (χ1n) is 8.68. The Balaban J connectivity index is 2.51. The highest BCUT2D eigenvalue weighted by Gasteiger charge is 2.31. The molecular weight excluding hydrogens is 246 g/mol. The van der Waals surface area contributed by atoms with Gasteiger partial charge in [0.05, 0.1) is 12.7 Å². The van der Waals surface area contributed by atoms with Gasteiger partial charge in [-0.2, -0.15) is 0 Å². The van der Waals surface area contributed by atoms with E-state index in [-0.39, 0.29) is 5.54 Å². The molecule has 0 radical (unpaired) electrons. The summed E-state index contributed by atoms with van der Waals surface area (Å²) in [7, 11) is 0. The van der Waals surface area contributed by atoms with Gasteiger partial charge in [-0.15, -0.1) is 0 Å². The van der Waals surface area contributed by atoms with E-state index in [9.17, 15) is 0 Å². The summed E-state index contributed by atoms with van der Waals surface area (Å²) in [6.07, 6.45) is 7.25. The third-order valence-electron chi connectivity index (χ3n) is 4.48. The van der Waals surface area contributed by atoms with Crippen LogP contribution in [0.1, 0.15) is 73.6 Å². The lowest BCUT2D eigenvalue weighted by atomic mass is 9.73. The van der Waals surface area contributed by atoms with Gasteiger partial charge in [-0.1, -0.05) is 26.2 Å². The second-order valence-electron chi connectivity index (χ2n) is 8.00. The first-order chi connectivity index (χ1) is 9.31. The molecule has 0 saturated heterocycles. The second-order valence-corrected chi connectivity index (χ2v) is 8.00. The van der Waals surface area contributed by atoms with E-state index >= 15 is 0 Å². The van der Waals surface area contributed by atoms with Gasteiger partial charge >= 0.3 is 0 Å². The standard InChI is InChI=1S/C18H37NO/c1-7-8-15-9-10-16(12-19-18(4,5)6)17(11-15)13-20-14(2)3/h14-17,19H,7-13H2,1-6H3. The zero-order valence-corrected chi connectivity index (χ0v) is 14.7. The number of rotatable bonds is 7. The zero-order chi connectivity index (χ0) is 15.2. The van der Waals surface area contributed by atoms with Gasteiger partial charge in [0, 0.05) is 5.54 Å². The highest BCUT2D eigenvalue weighted by Crippen LogP contribution is 2.36. The van der Waals surface area contributed by atoms with Crippen LogP contribution in [0, 0.1) is 17.8 Å². The van der Waals surface area contributed by atoms with Crippen LogP contribution < -0.4 is 5.32 Å². The zero-order valence-electron chi connectivity index (χ0n) is 14.7. The first-order valence-corrected chi connectivity index (χ1v) is 8.68. The molecule has 2 nitrogen and oxygen atoms in total. The fraction of sp³-hybridized carbons (Fsp3) is 1.00. The molecule has 0 amide bonds. The third kappa shape index (κ3) is 7.08. The van der Waals surface area contributed by atoms with Gasteiger partial charge in [-0.05, 0) is 71.8 Å². The Labute approximate surface area is 127 Å². The van der Waals surface area contributed by atoms with Crippen molar-refractivity contribution in [3.05, 3.63) is 0 Å². The van der Waals surface area contributed by atoms with E-state index < -0.39 is 0 Å². The Bertz CT molecular complexity index is 257. The summed E-state index contributed by atoms with van der Waals surface area (Å²) in [6, 6.07) is 0. The average Bonchev–Trinajstić information content (AvgIpc) is 2.34. The van der Waals surface area contributed by atoms with Gasteiger partial charge in [-0.3, -0.25) is 0 Å². The largest absolute Gasteiger partial charge is 0.378 e.